The Morgan fingerprint density at radius 3 is 2.88 bits per heavy atom. The van der Waals surface area contributed by atoms with Gasteiger partial charge >= 0.3 is 6.09 Å². The van der Waals surface area contributed by atoms with E-state index in [9.17, 15) is 4.79 Å². The lowest BCUT2D eigenvalue weighted by Gasteiger charge is -2.23. The maximum atomic E-state index is 12.2. The van der Waals surface area contributed by atoms with Gasteiger partial charge in [0.15, 0.2) is 6.23 Å². The van der Waals surface area contributed by atoms with Gasteiger partial charge in [0.05, 0.1) is 29.7 Å². The van der Waals surface area contributed by atoms with Crippen molar-refractivity contribution in [2.24, 2.45) is 0 Å². The van der Waals surface area contributed by atoms with Gasteiger partial charge in [-0.1, -0.05) is 0 Å². The van der Waals surface area contributed by atoms with Crippen molar-refractivity contribution in [2.45, 2.75) is 58.0 Å². The first-order valence-electron chi connectivity index (χ1n) is 11.2. The molecule has 1 fully saturated rings. The lowest BCUT2D eigenvalue weighted by molar-refractivity contribution is -0.0365. The second-order valence-electron chi connectivity index (χ2n) is 8.31. The third-order valence-electron chi connectivity index (χ3n) is 5.86. The summed E-state index contributed by atoms with van der Waals surface area (Å²) in [7, 11) is 0. The van der Waals surface area contributed by atoms with Crippen molar-refractivity contribution in [3.63, 3.8) is 0 Å². The Hall–Kier alpha value is -3.20. The van der Waals surface area contributed by atoms with Gasteiger partial charge in [-0.3, -0.25) is 4.98 Å². The van der Waals surface area contributed by atoms with Crippen LogP contribution in [0.25, 0.3) is 22.3 Å². The molecule has 168 valence electrons. The van der Waals surface area contributed by atoms with Crippen LogP contribution in [-0.2, 0) is 9.47 Å². The van der Waals surface area contributed by atoms with Crippen molar-refractivity contribution < 1.29 is 19.0 Å². The number of rotatable bonds is 1. The number of hydrogen-bond donors (Lipinski definition) is 1. The molecule has 0 aliphatic carbocycles. The van der Waals surface area contributed by atoms with Crippen LogP contribution in [0.1, 0.15) is 57.6 Å². The van der Waals surface area contributed by atoms with Crippen molar-refractivity contribution in [3.05, 3.63) is 36.3 Å². The van der Waals surface area contributed by atoms with Crippen LogP contribution < -0.4 is 10.1 Å². The van der Waals surface area contributed by atoms with Gasteiger partial charge in [0.25, 0.3) is 0 Å². The molecule has 1 N–H and O–H groups in total. The van der Waals surface area contributed by atoms with Gasteiger partial charge in [0.2, 0.25) is 0 Å². The maximum absolute atomic E-state index is 12.2. The molecule has 2 aromatic heterocycles. The summed E-state index contributed by atoms with van der Waals surface area (Å²) in [5, 5.41) is 8.60. The quantitative estimate of drug-likeness (QED) is 0.610. The van der Waals surface area contributed by atoms with Crippen LogP contribution in [-0.4, -0.2) is 45.1 Å². The molecule has 0 spiro atoms. The normalized spacial score (nSPS) is 24.2. The predicted molar refractivity (Wildman–Crippen MR) is 117 cm³/mol. The van der Waals surface area contributed by atoms with E-state index in [1.54, 1.807) is 19.3 Å². The molecule has 4 bridgehead atoms. The van der Waals surface area contributed by atoms with E-state index in [1.165, 1.54) is 0 Å². The van der Waals surface area contributed by atoms with Crippen molar-refractivity contribution in [1.82, 2.24) is 25.1 Å². The Bertz CT molecular complexity index is 1120. The number of fused-ring (bicyclic) bond motifs is 4. The molecule has 9 heteroatoms. The molecule has 9 nitrogen and oxygen atoms in total. The molecule has 1 saturated heterocycles. The molecule has 0 saturated carbocycles. The molecule has 1 aromatic carbocycles. The van der Waals surface area contributed by atoms with Crippen LogP contribution in [0.15, 0.2) is 30.6 Å². The third-order valence-corrected chi connectivity index (χ3v) is 5.86. The molecule has 5 rings (SSSR count). The predicted octanol–water partition coefficient (Wildman–Crippen LogP) is 4.15. The second-order valence-corrected chi connectivity index (χ2v) is 8.31. The highest BCUT2D eigenvalue weighted by atomic mass is 16.6. The Labute approximate surface area is 186 Å². The Kier molecular flexibility index (Phi) is 5.65. The van der Waals surface area contributed by atoms with E-state index < -0.39 is 12.2 Å². The SMILES string of the molecule is C[C@@H]1CCNC(=O)O[C@H](C)c2cncc(n2)-c2nn(C3CCCCO3)c3ccc(cc23)O1. The number of benzene rings is 1. The summed E-state index contributed by atoms with van der Waals surface area (Å²) >= 11 is 0. The van der Waals surface area contributed by atoms with E-state index in [-0.39, 0.29) is 12.3 Å². The highest BCUT2D eigenvalue weighted by Gasteiger charge is 2.24. The minimum absolute atomic E-state index is 0.0867. The summed E-state index contributed by atoms with van der Waals surface area (Å²) in [6.45, 7) is 4.93. The number of carbonyl (C=O) groups excluding carboxylic acids is 1. The van der Waals surface area contributed by atoms with Gasteiger partial charge in [-0.05, 0) is 51.3 Å². The Balaban J connectivity index is 1.65. The van der Waals surface area contributed by atoms with Gasteiger partial charge in [-0.2, -0.15) is 5.10 Å². The number of carbonyl (C=O) groups is 1. The van der Waals surface area contributed by atoms with Crippen LogP contribution in [0.2, 0.25) is 0 Å². The van der Waals surface area contributed by atoms with Crippen molar-refractivity contribution in [2.75, 3.05) is 13.2 Å². The topological polar surface area (TPSA) is 100 Å². The largest absolute Gasteiger partial charge is 0.491 e. The van der Waals surface area contributed by atoms with E-state index in [0.29, 0.717) is 30.0 Å². The molecule has 2 aliphatic heterocycles. The molecule has 3 atom stereocenters. The van der Waals surface area contributed by atoms with Crippen LogP contribution in [0.3, 0.4) is 0 Å². The van der Waals surface area contributed by atoms with Crippen molar-refractivity contribution in [1.29, 1.82) is 0 Å². The average Bonchev–Trinajstić information content (AvgIpc) is 3.18. The second kappa shape index (κ2) is 8.74. The number of aromatic nitrogens is 4. The smallest absolute Gasteiger partial charge is 0.407 e. The first kappa shape index (κ1) is 20.7. The fourth-order valence-corrected chi connectivity index (χ4v) is 4.14. The van der Waals surface area contributed by atoms with Gasteiger partial charge in [0.1, 0.15) is 23.2 Å². The van der Waals surface area contributed by atoms with Gasteiger partial charge < -0.3 is 19.5 Å². The molecule has 4 heterocycles. The first-order chi connectivity index (χ1) is 15.6. The minimum atomic E-state index is -0.549. The van der Waals surface area contributed by atoms with Crippen LogP contribution >= 0.6 is 0 Å². The van der Waals surface area contributed by atoms with Crippen molar-refractivity contribution >= 4 is 17.0 Å². The van der Waals surface area contributed by atoms with Crippen LogP contribution in [0.4, 0.5) is 4.79 Å². The zero-order valence-electron chi connectivity index (χ0n) is 18.3. The number of hydrogen-bond acceptors (Lipinski definition) is 7. The molecule has 2 aliphatic rings. The molecule has 32 heavy (non-hydrogen) atoms. The number of cyclic esters (lactones) is 1. The monoisotopic (exact) mass is 437 g/mol. The van der Waals surface area contributed by atoms with Crippen LogP contribution in [0, 0.1) is 0 Å². The van der Waals surface area contributed by atoms with Gasteiger partial charge in [-0.25, -0.2) is 14.5 Å². The van der Waals surface area contributed by atoms with Gasteiger partial charge in [-0.15, -0.1) is 0 Å². The van der Waals surface area contributed by atoms with E-state index >= 15 is 0 Å². The van der Waals surface area contributed by atoms with E-state index in [4.69, 9.17) is 24.3 Å². The molecule has 0 radical (unpaired) electrons. The maximum Gasteiger partial charge on any atom is 0.407 e. The molecule has 1 amide bonds. The highest BCUT2D eigenvalue weighted by Crippen LogP contribution is 2.34. The molecular formula is C23H27N5O4. The minimum Gasteiger partial charge on any atom is -0.491 e. The first-order valence-corrected chi connectivity index (χ1v) is 11.2. The summed E-state index contributed by atoms with van der Waals surface area (Å²) in [5.74, 6) is 0.741. The number of nitrogens with one attached hydrogen (secondary N) is 1. The van der Waals surface area contributed by atoms with Crippen LogP contribution in [0.5, 0.6) is 5.75 Å². The van der Waals surface area contributed by atoms with E-state index in [0.717, 1.165) is 42.5 Å². The number of nitrogens with zero attached hydrogens (tertiary/aromatic N) is 4. The summed E-state index contributed by atoms with van der Waals surface area (Å²) in [5.41, 5.74) is 2.83. The molecule has 3 aromatic rings. The average molecular weight is 438 g/mol. The Morgan fingerprint density at radius 2 is 2.03 bits per heavy atom. The summed E-state index contributed by atoms with van der Waals surface area (Å²) in [6, 6.07) is 5.97. The summed E-state index contributed by atoms with van der Waals surface area (Å²) in [6.07, 6.45) is 5.78. The number of ether oxygens (including phenoxy) is 3. The van der Waals surface area contributed by atoms with E-state index in [2.05, 4.69) is 10.3 Å². The fraction of sp³-hybridized carbons (Fsp3) is 0.478. The fourth-order valence-electron chi connectivity index (χ4n) is 4.14. The van der Waals surface area contributed by atoms with Gasteiger partial charge in [0, 0.05) is 25.0 Å². The third kappa shape index (κ3) is 4.12. The standard InChI is InChI=1S/C23H27N5O4/c1-14-8-9-25-23(29)32-15(2)18-12-24-13-19(26-18)22-17-11-16(31-14)6-7-20(17)28(27-22)21-5-3-4-10-30-21/h6-7,11-15,21H,3-5,8-10H2,1-2H3,(H,25,29)/t14-,15-,21?/m1/s1. The van der Waals surface area contributed by atoms with Crippen molar-refractivity contribution in [3.8, 4) is 17.1 Å². The summed E-state index contributed by atoms with van der Waals surface area (Å²) in [4.78, 5) is 21.2. The number of alkyl carbamates (subject to hydrolysis) is 1. The Morgan fingerprint density at radius 1 is 1.12 bits per heavy atom. The molecular weight excluding hydrogens is 410 g/mol. The highest BCUT2D eigenvalue weighted by molar-refractivity contribution is 5.93. The van der Waals surface area contributed by atoms with E-state index in [1.807, 2.05) is 29.8 Å². The zero-order valence-corrected chi connectivity index (χ0v) is 18.3. The zero-order chi connectivity index (χ0) is 22.1. The number of amides is 1. The lowest BCUT2D eigenvalue weighted by atomic mass is 10.1. The summed E-state index contributed by atoms with van der Waals surface area (Å²) < 4.78 is 19.6. The molecule has 1 unspecified atom stereocenters. The lowest BCUT2D eigenvalue weighted by Crippen LogP contribution is -2.29.